The number of fused-ring (bicyclic) bond motifs is 6. The van der Waals surface area contributed by atoms with Gasteiger partial charge in [-0.1, -0.05) is 90.6 Å². The molecule has 198 valence electrons. The molecule has 7 rings (SSSR count). The van der Waals surface area contributed by atoms with Gasteiger partial charge in [-0.3, -0.25) is 14.5 Å². The van der Waals surface area contributed by atoms with Gasteiger partial charge in [-0.15, -0.1) is 0 Å². The van der Waals surface area contributed by atoms with Crippen molar-refractivity contribution in [3.8, 4) is 0 Å². The summed E-state index contributed by atoms with van der Waals surface area (Å²) >= 11 is 13.3. The van der Waals surface area contributed by atoms with Crippen LogP contribution in [0.5, 0.6) is 0 Å². The molecule has 0 unspecified atom stereocenters. The first-order chi connectivity index (χ1) is 19.0. The van der Waals surface area contributed by atoms with Gasteiger partial charge in [0.05, 0.1) is 5.92 Å². The molecule has 0 radical (unpaired) electrons. The van der Waals surface area contributed by atoms with Gasteiger partial charge in [0.25, 0.3) is 0 Å². The molecule has 0 aromatic heterocycles. The number of para-hydroxylation sites is 1. The zero-order valence-electron chi connectivity index (χ0n) is 21.5. The lowest BCUT2D eigenvalue weighted by atomic mass is 9.68. The minimum absolute atomic E-state index is 0.0394. The van der Waals surface area contributed by atoms with Gasteiger partial charge in [0.2, 0.25) is 5.91 Å². The molecule has 1 aliphatic carbocycles. The van der Waals surface area contributed by atoms with Crippen molar-refractivity contribution in [2.45, 2.75) is 55.6 Å². The van der Waals surface area contributed by atoms with Gasteiger partial charge in [-0.05, 0) is 66.7 Å². The van der Waals surface area contributed by atoms with Crippen LogP contribution in [0.25, 0.3) is 6.08 Å². The van der Waals surface area contributed by atoms with Crippen molar-refractivity contribution < 1.29 is 9.59 Å². The smallest absolute Gasteiger partial charge is 0.250 e. The third kappa shape index (κ3) is 3.68. The van der Waals surface area contributed by atoms with Crippen LogP contribution in [0.3, 0.4) is 0 Å². The van der Waals surface area contributed by atoms with Crippen LogP contribution in [0.2, 0.25) is 10.0 Å². The van der Waals surface area contributed by atoms with E-state index in [9.17, 15) is 9.59 Å². The Morgan fingerprint density at radius 3 is 2.44 bits per heavy atom. The molecule has 6 atom stereocenters. The SMILES string of the molecule is O=C(/C=C/c1ccccc1Cl)[C@@H]1[C@@H](c2ccccc2Cl)[C@@H]2C[C@@H]3CCCC[C@H]3N2[C@@]12C(=O)Nc1ccccc12. The number of halogens is 2. The first-order valence-electron chi connectivity index (χ1n) is 13.9. The number of ketones is 1. The highest BCUT2D eigenvalue weighted by Gasteiger charge is 2.72. The van der Waals surface area contributed by atoms with Gasteiger partial charge in [0.15, 0.2) is 5.78 Å². The quantitative estimate of drug-likeness (QED) is 0.339. The van der Waals surface area contributed by atoms with Crippen molar-refractivity contribution in [1.29, 1.82) is 0 Å². The molecule has 4 nitrogen and oxygen atoms in total. The fourth-order valence-electron chi connectivity index (χ4n) is 8.21. The molecule has 39 heavy (non-hydrogen) atoms. The fourth-order valence-corrected chi connectivity index (χ4v) is 8.68. The summed E-state index contributed by atoms with van der Waals surface area (Å²) in [5.41, 5.74) is 2.34. The number of carbonyl (C=O) groups excluding carboxylic acids is 2. The highest BCUT2D eigenvalue weighted by molar-refractivity contribution is 6.32. The number of benzene rings is 3. The van der Waals surface area contributed by atoms with E-state index in [1.54, 1.807) is 12.2 Å². The Labute approximate surface area is 239 Å². The number of rotatable bonds is 4. The summed E-state index contributed by atoms with van der Waals surface area (Å²) in [5, 5.41) is 4.41. The molecule has 3 heterocycles. The third-order valence-corrected chi connectivity index (χ3v) is 10.3. The molecule has 3 fully saturated rings. The van der Waals surface area contributed by atoms with Crippen LogP contribution in [0, 0.1) is 11.8 Å². The number of hydrogen-bond acceptors (Lipinski definition) is 3. The normalized spacial score (nSPS) is 31.3. The highest BCUT2D eigenvalue weighted by Crippen LogP contribution is 2.64. The van der Waals surface area contributed by atoms with Gasteiger partial charge in [0, 0.05) is 39.3 Å². The van der Waals surface area contributed by atoms with Crippen LogP contribution in [0.1, 0.15) is 54.7 Å². The predicted molar refractivity (Wildman–Crippen MR) is 156 cm³/mol. The Morgan fingerprint density at radius 2 is 1.62 bits per heavy atom. The molecule has 1 spiro atoms. The first kappa shape index (κ1) is 25.1. The summed E-state index contributed by atoms with van der Waals surface area (Å²) < 4.78 is 0. The number of nitrogens with one attached hydrogen (secondary N) is 1. The minimum atomic E-state index is -1.09. The molecule has 3 aromatic rings. The average Bonchev–Trinajstić information content (AvgIpc) is 3.56. The van der Waals surface area contributed by atoms with Crippen LogP contribution in [-0.4, -0.2) is 28.7 Å². The predicted octanol–water partition coefficient (Wildman–Crippen LogP) is 7.47. The van der Waals surface area contributed by atoms with Crippen LogP contribution >= 0.6 is 23.2 Å². The second kappa shape index (κ2) is 9.62. The van der Waals surface area contributed by atoms with E-state index in [0.29, 0.717) is 16.0 Å². The maximum absolute atomic E-state index is 14.6. The van der Waals surface area contributed by atoms with E-state index in [0.717, 1.165) is 48.1 Å². The van der Waals surface area contributed by atoms with Crippen LogP contribution < -0.4 is 5.32 Å². The van der Waals surface area contributed by atoms with E-state index < -0.39 is 11.5 Å². The van der Waals surface area contributed by atoms with Gasteiger partial charge < -0.3 is 5.32 Å². The number of hydrogen-bond donors (Lipinski definition) is 1. The fraction of sp³-hybridized carbons (Fsp3) is 0.333. The zero-order valence-corrected chi connectivity index (χ0v) is 23.0. The van der Waals surface area contributed by atoms with Crippen molar-refractivity contribution in [1.82, 2.24) is 4.90 Å². The van der Waals surface area contributed by atoms with Gasteiger partial charge in [-0.25, -0.2) is 0 Å². The van der Waals surface area contributed by atoms with Crippen molar-refractivity contribution in [2.75, 3.05) is 5.32 Å². The standard InChI is InChI=1S/C33H30Cl2N2O2/c34-24-13-5-1-9-20(24)17-18-29(38)31-30(22-11-3-6-14-25(22)35)28-19-21-10-2-8-16-27(21)37(28)33(31)23-12-4-7-15-26(23)36-32(33)39/h1,3-7,9,11-15,17-18,21,27-28,30-31H,2,8,10,16,19H2,(H,36,39)/b18-17+/t21-,27+,28-,30-,31+,33+/m0/s1. The van der Waals surface area contributed by atoms with E-state index in [1.165, 1.54) is 6.42 Å². The second-order valence-corrected chi connectivity index (χ2v) is 12.2. The Bertz CT molecular complexity index is 1500. The van der Waals surface area contributed by atoms with Crippen molar-refractivity contribution in [2.24, 2.45) is 11.8 Å². The monoisotopic (exact) mass is 556 g/mol. The summed E-state index contributed by atoms with van der Waals surface area (Å²) in [6.45, 7) is 0. The number of anilines is 1. The molecule has 3 aliphatic heterocycles. The Morgan fingerprint density at radius 1 is 0.897 bits per heavy atom. The third-order valence-electron chi connectivity index (χ3n) is 9.59. The van der Waals surface area contributed by atoms with Gasteiger partial charge in [0.1, 0.15) is 5.54 Å². The number of allylic oxidation sites excluding steroid dienone is 1. The van der Waals surface area contributed by atoms with E-state index in [-0.39, 0.29) is 29.7 Å². The Hall–Kier alpha value is -2.92. The zero-order chi connectivity index (χ0) is 26.7. The van der Waals surface area contributed by atoms with E-state index in [4.69, 9.17) is 23.2 Å². The van der Waals surface area contributed by atoms with E-state index in [2.05, 4.69) is 10.2 Å². The lowest BCUT2D eigenvalue weighted by Gasteiger charge is -2.42. The molecule has 4 aliphatic rings. The molecular formula is C33H30Cl2N2O2. The van der Waals surface area contributed by atoms with E-state index in [1.807, 2.05) is 72.8 Å². The average molecular weight is 558 g/mol. The topological polar surface area (TPSA) is 49.4 Å². The maximum atomic E-state index is 14.6. The maximum Gasteiger partial charge on any atom is 0.250 e. The van der Waals surface area contributed by atoms with Gasteiger partial charge >= 0.3 is 0 Å². The van der Waals surface area contributed by atoms with Crippen molar-refractivity contribution in [3.05, 3.63) is 106 Å². The number of amides is 1. The summed E-state index contributed by atoms with van der Waals surface area (Å²) in [7, 11) is 0. The summed E-state index contributed by atoms with van der Waals surface area (Å²) in [6.07, 6.45) is 8.96. The highest BCUT2D eigenvalue weighted by atomic mass is 35.5. The molecular weight excluding hydrogens is 527 g/mol. The second-order valence-electron chi connectivity index (χ2n) is 11.4. The number of nitrogens with zero attached hydrogens (tertiary/aromatic N) is 1. The van der Waals surface area contributed by atoms with E-state index >= 15 is 0 Å². The minimum Gasteiger partial charge on any atom is -0.324 e. The molecule has 2 saturated heterocycles. The summed E-state index contributed by atoms with van der Waals surface area (Å²) in [6, 6.07) is 23.6. The number of carbonyl (C=O) groups is 2. The molecule has 1 saturated carbocycles. The molecule has 1 N–H and O–H groups in total. The van der Waals surface area contributed by atoms with Crippen molar-refractivity contribution in [3.63, 3.8) is 0 Å². The Balaban J connectivity index is 1.45. The van der Waals surface area contributed by atoms with Crippen LogP contribution in [0.4, 0.5) is 5.69 Å². The summed E-state index contributed by atoms with van der Waals surface area (Å²) in [5.74, 6) is -0.509. The summed E-state index contributed by atoms with van der Waals surface area (Å²) in [4.78, 5) is 31.4. The lowest BCUT2D eigenvalue weighted by molar-refractivity contribution is -0.136. The molecule has 6 heteroatoms. The van der Waals surface area contributed by atoms with Crippen molar-refractivity contribution >= 4 is 46.7 Å². The molecule has 0 bridgehead atoms. The Kier molecular flexibility index (Phi) is 6.18. The first-order valence-corrected chi connectivity index (χ1v) is 14.7. The van der Waals surface area contributed by atoms with Crippen LogP contribution in [-0.2, 0) is 15.1 Å². The molecule has 3 aromatic carbocycles. The van der Waals surface area contributed by atoms with Crippen LogP contribution in [0.15, 0.2) is 78.9 Å². The molecule has 1 amide bonds. The van der Waals surface area contributed by atoms with Gasteiger partial charge in [-0.2, -0.15) is 0 Å². The lowest BCUT2D eigenvalue weighted by Crippen LogP contribution is -2.56. The largest absolute Gasteiger partial charge is 0.324 e.